The quantitative estimate of drug-likeness (QED) is 0.924. The maximum Gasteiger partial charge on any atom is 0.224 e. The second kappa shape index (κ2) is 5.95. The molecule has 1 N–H and O–H groups in total. The SMILES string of the molecule is CC[C@H](NC(=O)[C@@H]1CCS(=O)(=O)C1)c1ccc(C)cc1. The summed E-state index contributed by atoms with van der Waals surface area (Å²) in [6.07, 6.45) is 1.23. The van der Waals surface area contributed by atoms with Crippen LogP contribution in [0.15, 0.2) is 24.3 Å². The summed E-state index contributed by atoms with van der Waals surface area (Å²) in [5.41, 5.74) is 2.24. The van der Waals surface area contributed by atoms with Gasteiger partial charge in [0, 0.05) is 0 Å². The lowest BCUT2D eigenvalue weighted by molar-refractivity contribution is -0.125. The van der Waals surface area contributed by atoms with E-state index in [4.69, 9.17) is 0 Å². The number of hydrogen-bond donors (Lipinski definition) is 1. The Kier molecular flexibility index (Phi) is 4.48. The molecule has 1 aliphatic rings. The van der Waals surface area contributed by atoms with Gasteiger partial charge < -0.3 is 5.32 Å². The minimum atomic E-state index is -3.01. The van der Waals surface area contributed by atoms with Crippen LogP contribution in [0.2, 0.25) is 0 Å². The molecule has 0 unspecified atom stereocenters. The van der Waals surface area contributed by atoms with E-state index in [1.54, 1.807) is 0 Å². The molecule has 1 aromatic rings. The van der Waals surface area contributed by atoms with Crippen molar-refractivity contribution in [3.8, 4) is 0 Å². The summed E-state index contributed by atoms with van der Waals surface area (Å²) in [5, 5.41) is 2.98. The van der Waals surface area contributed by atoms with E-state index in [1.807, 2.05) is 38.1 Å². The van der Waals surface area contributed by atoms with E-state index < -0.39 is 9.84 Å². The summed E-state index contributed by atoms with van der Waals surface area (Å²) in [6.45, 7) is 4.03. The molecule has 4 nitrogen and oxygen atoms in total. The molecule has 0 saturated carbocycles. The zero-order valence-corrected chi connectivity index (χ0v) is 12.7. The number of hydrogen-bond acceptors (Lipinski definition) is 3. The Hall–Kier alpha value is -1.36. The van der Waals surface area contributed by atoms with Crippen molar-refractivity contribution in [1.82, 2.24) is 5.32 Å². The van der Waals surface area contributed by atoms with Crippen LogP contribution in [0.25, 0.3) is 0 Å². The zero-order chi connectivity index (χ0) is 14.8. The molecule has 0 bridgehead atoms. The molecule has 2 rings (SSSR count). The third-order valence-electron chi connectivity index (χ3n) is 3.81. The van der Waals surface area contributed by atoms with E-state index in [-0.39, 0.29) is 29.4 Å². The Morgan fingerprint density at radius 1 is 1.35 bits per heavy atom. The fourth-order valence-electron chi connectivity index (χ4n) is 2.51. The van der Waals surface area contributed by atoms with Gasteiger partial charge in [-0.2, -0.15) is 0 Å². The fourth-order valence-corrected chi connectivity index (χ4v) is 4.25. The molecule has 20 heavy (non-hydrogen) atoms. The van der Waals surface area contributed by atoms with Crippen molar-refractivity contribution in [2.45, 2.75) is 32.7 Å². The van der Waals surface area contributed by atoms with Crippen molar-refractivity contribution in [1.29, 1.82) is 0 Å². The maximum absolute atomic E-state index is 12.2. The van der Waals surface area contributed by atoms with Crippen LogP contribution in [0.4, 0.5) is 0 Å². The Bertz CT molecular complexity index is 578. The van der Waals surface area contributed by atoms with Crippen LogP contribution in [0, 0.1) is 12.8 Å². The number of rotatable bonds is 4. The van der Waals surface area contributed by atoms with Crippen LogP contribution in [0.5, 0.6) is 0 Å². The predicted octanol–water partition coefficient (Wildman–Crippen LogP) is 2.00. The lowest BCUT2D eigenvalue weighted by atomic mass is 10.0. The Balaban J connectivity index is 2.03. The van der Waals surface area contributed by atoms with Gasteiger partial charge in [0.25, 0.3) is 0 Å². The van der Waals surface area contributed by atoms with Crippen molar-refractivity contribution in [2.75, 3.05) is 11.5 Å². The second-order valence-corrected chi connectivity index (χ2v) is 7.71. The molecule has 110 valence electrons. The Morgan fingerprint density at radius 3 is 2.50 bits per heavy atom. The first-order chi connectivity index (χ1) is 9.41. The van der Waals surface area contributed by atoms with Gasteiger partial charge in [0.15, 0.2) is 9.84 Å². The first-order valence-electron chi connectivity index (χ1n) is 6.98. The predicted molar refractivity (Wildman–Crippen MR) is 79.1 cm³/mol. The van der Waals surface area contributed by atoms with E-state index in [0.29, 0.717) is 6.42 Å². The highest BCUT2D eigenvalue weighted by Gasteiger charge is 2.33. The van der Waals surface area contributed by atoms with Gasteiger partial charge in [-0.15, -0.1) is 0 Å². The molecular weight excluding hydrogens is 274 g/mol. The number of amides is 1. The number of carbonyl (C=O) groups excluding carboxylic acids is 1. The molecule has 2 atom stereocenters. The molecule has 1 fully saturated rings. The fraction of sp³-hybridized carbons (Fsp3) is 0.533. The molecular formula is C15H21NO3S. The molecule has 1 amide bonds. The van der Waals surface area contributed by atoms with Crippen LogP contribution >= 0.6 is 0 Å². The molecule has 5 heteroatoms. The number of benzene rings is 1. The van der Waals surface area contributed by atoms with Gasteiger partial charge in [-0.1, -0.05) is 36.8 Å². The summed E-state index contributed by atoms with van der Waals surface area (Å²) in [4.78, 5) is 12.2. The summed E-state index contributed by atoms with van der Waals surface area (Å²) in [7, 11) is -3.01. The second-order valence-electron chi connectivity index (χ2n) is 5.48. The number of carbonyl (C=O) groups is 1. The molecule has 0 radical (unpaired) electrons. The van der Waals surface area contributed by atoms with E-state index in [1.165, 1.54) is 5.56 Å². The van der Waals surface area contributed by atoms with Crippen LogP contribution in [-0.2, 0) is 14.6 Å². The average molecular weight is 295 g/mol. The third-order valence-corrected chi connectivity index (χ3v) is 5.58. The van der Waals surface area contributed by atoms with Crippen molar-refractivity contribution in [3.63, 3.8) is 0 Å². The average Bonchev–Trinajstić information content (AvgIpc) is 2.77. The van der Waals surface area contributed by atoms with Gasteiger partial charge in [0.05, 0.1) is 23.5 Å². The Labute approximate surface area is 120 Å². The number of sulfone groups is 1. The van der Waals surface area contributed by atoms with E-state index in [0.717, 1.165) is 12.0 Å². The monoisotopic (exact) mass is 295 g/mol. The van der Waals surface area contributed by atoms with Crippen LogP contribution in [0.1, 0.15) is 36.9 Å². The third kappa shape index (κ3) is 3.60. The first kappa shape index (κ1) is 15.0. The smallest absolute Gasteiger partial charge is 0.224 e. The van der Waals surface area contributed by atoms with Crippen molar-refractivity contribution in [2.24, 2.45) is 5.92 Å². The van der Waals surface area contributed by atoms with Gasteiger partial charge in [-0.25, -0.2) is 8.42 Å². The molecule has 0 aromatic heterocycles. The normalized spacial score (nSPS) is 22.4. The van der Waals surface area contributed by atoms with Crippen LogP contribution in [0.3, 0.4) is 0 Å². The highest BCUT2D eigenvalue weighted by atomic mass is 32.2. The van der Waals surface area contributed by atoms with E-state index in [2.05, 4.69) is 5.32 Å². The van der Waals surface area contributed by atoms with Gasteiger partial charge in [-0.05, 0) is 25.3 Å². The van der Waals surface area contributed by atoms with Crippen molar-refractivity contribution < 1.29 is 13.2 Å². The van der Waals surface area contributed by atoms with Crippen LogP contribution < -0.4 is 5.32 Å². The summed E-state index contributed by atoms with van der Waals surface area (Å²) < 4.78 is 22.9. The highest BCUT2D eigenvalue weighted by Crippen LogP contribution is 2.22. The first-order valence-corrected chi connectivity index (χ1v) is 8.81. The summed E-state index contributed by atoms with van der Waals surface area (Å²) in [6, 6.07) is 8.00. The molecule has 0 spiro atoms. The Morgan fingerprint density at radius 2 is 2.00 bits per heavy atom. The maximum atomic E-state index is 12.2. The minimum absolute atomic E-state index is 0.0107. The molecule has 1 saturated heterocycles. The number of aryl methyl sites for hydroxylation is 1. The molecule has 0 aliphatic carbocycles. The largest absolute Gasteiger partial charge is 0.349 e. The standard InChI is InChI=1S/C15H21NO3S/c1-3-14(12-6-4-11(2)5-7-12)16-15(17)13-8-9-20(18,19)10-13/h4-7,13-14H,3,8-10H2,1-2H3,(H,16,17)/t13-,14+/m1/s1. The highest BCUT2D eigenvalue weighted by molar-refractivity contribution is 7.91. The molecule has 1 aromatic carbocycles. The molecule has 1 aliphatic heterocycles. The zero-order valence-electron chi connectivity index (χ0n) is 11.9. The van der Waals surface area contributed by atoms with E-state index >= 15 is 0 Å². The minimum Gasteiger partial charge on any atom is -0.349 e. The topological polar surface area (TPSA) is 63.2 Å². The van der Waals surface area contributed by atoms with Gasteiger partial charge in [0.1, 0.15) is 0 Å². The summed E-state index contributed by atoms with van der Waals surface area (Å²) >= 11 is 0. The van der Waals surface area contributed by atoms with Gasteiger partial charge >= 0.3 is 0 Å². The van der Waals surface area contributed by atoms with Gasteiger partial charge in [-0.3, -0.25) is 4.79 Å². The number of nitrogens with one attached hydrogen (secondary N) is 1. The van der Waals surface area contributed by atoms with Crippen molar-refractivity contribution in [3.05, 3.63) is 35.4 Å². The van der Waals surface area contributed by atoms with Gasteiger partial charge in [0.2, 0.25) is 5.91 Å². The lowest BCUT2D eigenvalue weighted by Crippen LogP contribution is -2.34. The van der Waals surface area contributed by atoms with Crippen LogP contribution in [-0.4, -0.2) is 25.8 Å². The summed E-state index contributed by atoms with van der Waals surface area (Å²) in [5.74, 6) is -0.409. The lowest BCUT2D eigenvalue weighted by Gasteiger charge is -2.19. The van der Waals surface area contributed by atoms with E-state index in [9.17, 15) is 13.2 Å². The molecule has 1 heterocycles. The van der Waals surface area contributed by atoms with Crippen molar-refractivity contribution >= 4 is 15.7 Å².